The summed E-state index contributed by atoms with van der Waals surface area (Å²) in [4.78, 5) is 18.3. The van der Waals surface area contributed by atoms with Crippen LogP contribution in [0.4, 0.5) is 34.6 Å². The van der Waals surface area contributed by atoms with E-state index >= 15 is 4.39 Å². The molecule has 21 heteroatoms. The first-order chi connectivity index (χ1) is 36.5. The van der Waals surface area contributed by atoms with Gasteiger partial charge in [0, 0.05) is 108 Å². The van der Waals surface area contributed by atoms with Gasteiger partial charge in [0.05, 0.1) is 34.0 Å². The number of anilines is 3. The molecule has 1 aromatic heterocycles. The van der Waals surface area contributed by atoms with Crippen molar-refractivity contribution in [3.05, 3.63) is 137 Å². The number of benzene rings is 4. The number of ether oxygens (including phenoxy) is 1. The third-order valence-electron chi connectivity index (χ3n) is 14.4. The maximum Gasteiger partial charge on any atom is 0.501 e. The quantitative estimate of drug-likeness (QED) is 0.0502. The molecule has 2 aliphatic heterocycles. The highest BCUT2D eigenvalue weighted by atomic mass is 35.5. The molecule has 3 N–H and O–H groups in total. The predicted molar refractivity (Wildman–Crippen MR) is 298 cm³/mol. The van der Waals surface area contributed by atoms with Crippen molar-refractivity contribution < 1.29 is 49.0 Å². The van der Waals surface area contributed by atoms with E-state index in [1.54, 1.807) is 44.2 Å². The van der Waals surface area contributed by atoms with Crippen LogP contribution in [0.15, 0.2) is 130 Å². The number of piperidine rings is 1. The molecule has 5 aromatic rings. The number of carboxylic acids is 1. The van der Waals surface area contributed by atoms with Gasteiger partial charge in [0.1, 0.15) is 11.1 Å². The van der Waals surface area contributed by atoms with Crippen LogP contribution in [-0.4, -0.2) is 124 Å². The molecule has 0 radical (unpaired) electrons. The first-order valence-corrected chi connectivity index (χ1v) is 30.1. The van der Waals surface area contributed by atoms with Crippen molar-refractivity contribution in [2.75, 3.05) is 66.5 Å². The molecule has 414 valence electrons. The van der Waals surface area contributed by atoms with Gasteiger partial charge in [-0.25, -0.2) is 26.0 Å². The molecule has 0 saturated carbocycles. The normalized spacial score (nSPS) is 18.5. The lowest BCUT2D eigenvalue weighted by molar-refractivity contribution is -0.0436. The lowest BCUT2D eigenvalue weighted by atomic mass is 9.82. The number of hydrogen-bond donors (Lipinski definition) is 3. The summed E-state index contributed by atoms with van der Waals surface area (Å²) in [6.45, 7) is 14.0. The molecule has 4 aromatic carbocycles. The highest BCUT2D eigenvalue weighted by Crippen LogP contribution is 2.44. The Kier molecular flexibility index (Phi) is 18.2. The summed E-state index contributed by atoms with van der Waals surface area (Å²) in [5.41, 5.74) is -1.47. The van der Waals surface area contributed by atoms with Crippen molar-refractivity contribution in [3.63, 3.8) is 0 Å². The van der Waals surface area contributed by atoms with Crippen LogP contribution in [0.1, 0.15) is 68.6 Å². The number of sulfone groups is 1. The van der Waals surface area contributed by atoms with Crippen LogP contribution in [0, 0.1) is 12.8 Å². The Balaban J connectivity index is 0.966. The molecular formula is C56H65ClF4N6O7S3. The monoisotopic (exact) mass is 1140 g/mol. The average molecular weight is 1140 g/mol. The number of alkyl halides is 4. The molecule has 13 nitrogen and oxygen atoms in total. The fraction of sp³-hybridized carbons (Fsp3) is 0.411. The number of rotatable bonds is 20. The molecular weight excluding hydrogens is 1080 g/mol. The van der Waals surface area contributed by atoms with Gasteiger partial charge in [-0.15, -0.1) is 11.8 Å². The van der Waals surface area contributed by atoms with Gasteiger partial charge >= 0.3 is 11.5 Å². The number of sulfonamides is 1. The van der Waals surface area contributed by atoms with Gasteiger partial charge in [0.2, 0.25) is 0 Å². The van der Waals surface area contributed by atoms with E-state index in [1.165, 1.54) is 23.9 Å². The third-order valence-corrected chi connectivity index (χ3v) is 18.7. The van der Waals surface area contributed by atoms with Crippen LogP contribution in [0.5, 0.6) is 0 Å². The van der Waals surface area contributed by atoms with Gasteiger partial charge in [-0.2, -0.15) is 13.2 Å². The van der Waals surface area contributed by atoms with Gasteiger partial charge in [-0.1, -0.05) is 48.9 Å². The van der Waals surface area contributed by atoms with Gasteiger partial charge in [0.15, 0.2) is 0 Å². The van der Waals surface area contributed by atoms with Crippen LogP contribution < -0.4 is 14.9 Å². The Morgan fingerprint density at radius 1 is 0.896 bits per heavy atom. The average Bonchev–Trinajstić information content (AvgIpc) is 3.71. The Hall–Kier alpha value is -5.51. The summed E-state index contributed by atoms with van der Waals surface area (Å²) in [7, 11) is -10.7. The zero-order valence-electron chi connectivity index (χ0n) is 43.6. The SMILES string of the molecule is CCn1c(C)c(C(=O)O)c(C2=CC(N3CCN(c4ccc(NS(=O)(=O)c5ccc(N[C@H](CCN6CCC(OC(C)C)CC6)CSc6ccccc6)c(S(=O)(=O)C(F)(F)F)c5)cc4)CC3)=CC(F)C2C)c1-c1ccc(Cl)cc1. The van der Waals surface area contributed by atoms with E-state index in [0.717, 1.165) is 54.2 Å². The molecule has 2 fully saturated rings. The molecule has 8 rings (SSSR count). The highest BCUT2D eigenvalue weighted by molar-refractivity contribution is 7.99. The van der Waals surface area contributed by atoms with Crippen molar-refractivity contribution in [1.29, 1.82) is 0 Å². The minimum Gasteiger partial charge on any atom is -0.478 e. The van der Waals surface area contributed by atoms with Crippen molar-refractivity contribution in [3.8, 4) is 11.3 Å². The lowest BCUT2D eigenvalue weighted by Crippen LogP contribution is -2.46. The number of halogens is 5. The largest absolute Gasteiger partial charge is 0.501 e. The Labute approximate surface area is 458 Å². The molecule has 3 heterocycles. The van der Waals surface area contributed by atoms with Crippen molar-refractivity contribution >= 4 is 71.8 Å². The van der Waals surface area contributed by atoms with Crippen LogP contribution in [0.3, 0.4) is 0 Å². The summed E-state index contributed by atoms with van der Waals surface area (Å²) in [6.07, 6.45) is 4.44. The van der Waals surface area contributed by atoms with Crippen molar-refractivity contribution in [2.24, 2.45) is 5.92 Å². The number of aromatic carboxylic acids is 1. The van der Waals surface area contributed by atoms with E-state index < -0.39 is 59.3 Å². The number of hydrogen-bond acceptors (Lipinski definition) is 11. The third kappa shape index (κ3) is 13.3. The first kappa shape index (κ1) is 57.7. The molecule has 0 amide bonds. The van der Waals surface area contributed by atoms with Crippen LogP contribution in [0.25, 0.3) is 16.8 Å². The van der Waals surface area contributed by atoms with Gasteiger partial charge in [0.25, 0.3) is 19.9 Å². The molecule has 3 atom stereocenters. The summed E-state index contributed by atoms with van der Waals surface area (Å²) < 4.78 is 124. The second-order valence-corrected chi connectivity index (χ2v) is 25.0. The number of allylic oxidation sites excluding steroid dienone is 3. The minimum absolute atomic E-state index is 0.0894. The van der Waals surface area contributed by atoms with E-state index in [-0.39, 0.29) is 29.1 Å². The van der Waals surface area contributed by atoms with Gasteiger partial charge in [-0.3, -0.25) is 4.72 Å². The summed E-state index contributed by atoms with van der Waals surface area (Å²) in [5, 5.41) is 14.1. The molecule has 2 unspecified atom stereocenters. The second kappa shape index (κ2) is 24.2. The van der Waals surface area contributed by atoms with Crippen LogP contribution >= 0.6 is 23.4 Å². The van der Waals surface area contributed by atoms with Crippen LogP contribution in [0.2, 0.25) is 5.02 Å². The molecule has 1 aliphatic carbocycles. The summed E-state index contributed by atoms with van der Waals surface area (Å²) in [5.74, 6) is -1.38. The predicted octanol–water partition coefficient (Wildman–Crippen LogP) is 11.9. The number of nitrogens with zero attached hydrogens (tertiary/aromatic N) is 4. The number of piperazine rings is 1. The standard InChI is InChI=1S/C56H65ClF4N6O7S3/c1-6-67-38(5)52(55(68)69)53(54(67)39-12-14-40(57)15-13-39)48-32-44(33-49(58)37(48)4)66-30-28-65(29-31-66)43-18-16-41(17-19-43)63-77(72,73)47-20-21-50(51(34-47)76(70,71)56(59,60)61)62-42(35-75-46-10-8-7-9-11-46)22-25-64-26-23-45(24-27-64)74-36(2)3/h7-21,32-34,36-37,42,45,49,62-63H,6,22-31,35H2,1-5H3,(H,68,69)/t37?,42-,49?/m1/s1. The Morgan fingerprint density at radius 3 is 2.16 bits per heavy atom. The van der Waals surface area contributed by atoms with Gasteiger partial charge < -0.3 is 34.4 Å². The fourth-order valence-electron chi connectivity index (χ4n) is 10.3. The number of carboxylic acid groups (broad SMARTS) is 1. The molecule has 77 heavy (non-hydrogen) atoms. The highest BCUT2D eigenvalue weighted by Gasteiger charge is 2.48. The number of carbonyl (C=O) groups is 1. The molecule has 2 saturated heterocycles. The first-order valence-electron chi connectivity index (χ1n) is 25.7. The molecule has 0 spiro atoms. The zero-order chi connectivity index (χ0) is 55.4. The molecule has 0 bridgehead atoms. The Morgan fingerprint density at radius 2 is 1.55 bits per heavy atom. The topological polar surface area (TPSA) is 154 Å². The molecule has 3 aliphatic rings. The second-order valence-electron chi connectivity index (χ2n) is 19.9. The van der Waals surface area contributed by atoms with Crippen LogP contribution in [-0.2, 0) is 31.1 Å². The maximum absolute atomic E-state index is 16.1. The van der Waals surface area contributed by atoms with E-state index in [4.69, 9.17) is 16.3 Å². The summed E-state index contributed by atoms with van der Waals surface area (Å²) in [6, 6.07) is 25.2. The zero-order valence-corrected chi connectivity index (χ0v) is 46.8. The smallest absolute Gasteiger partial charge is 0.478 e. The number of likely N-dealkylation sites (tertiary alicyclic amines) is 1. The Bertz CT molecular complexity index is 3180. The number of nitrogens with one attached hydrogen (secondary N) is 2. The minimum atomic E-state index is -6.04. The van der Waals surface area contributed by atoms with E-state index in [9.17, 15) is 39.9 Å². The van der Waals surface area contributed by atoms with Crippen molar-refractivity contribution in [1.82, 2.24) is 14.4 Å². The maximum atomic E-state index is 16.1. The lowest BCUT2D eigenvalue weighted by Gasteiger charge is -2.39. The van der Waals surface area contributed by atoms with Gasteiger partial charge in [-0.05, 0) is 137 Å². The number of thioether (sulfide) groups is 1. The van der Waals surface area contributed by atoms with E-state index in [0.29, 0.717) is 90.8 Å². The fourth-order valence-corrected chi connectivity index (χ4v) is 13.6. The van der Waals surface area contributed by atoms with E-state index in [2.05, 4.69) is 24.7 Å². The summed E-state index contributed by atoms with van der Waals surface area (Å²) >= 11 is 7.70. The van der Waals surface area contributed by atoms with Crippen molar-refractivity contribution in [2.45, 2.75) is 105 Å². The van der Waals surface area contributed by atoms with E-state index in [1.807, 2.05) is 73.9 Å². The number of aromatic nitrogens is 1.